The second kappa shape index (κ2) is 10.1. The molecule has 0 heterocycles. The summed E-state index contributed by atoms with van der Waals surface area (Å²) < 4.78 is 5.16. The molecule has 2 amide bonds. The summed E-state index contributed by atoms with van der Waals surface area (Å²) in [5.74, 6) is 0.369. The molecule has 0 bridgehead atoms. The summed E-state index contributed by atoms with van der Waals surface area (Å²) in [5, 5.41) is 3.46. The topological polar surface area (TPSA) is 58.6 Å². The van der Waals surface area contributed by atoms with Crippen LogP contribution in [0.4, 0.5) is 0 Å². The van der Waals surface area contributed by atoms with E-state index in [-0.39, 0.29) is 17.7 Å². The molecule has 0 fully saturated rings. The van der Waals surface area contributed by atoms with Crippen molar-refractivity contribution in [2.45, 2.75) is 32.9 Å². The molecule has 2 atom stereocenters. The summed E-state index contributed by atoms with van der Waals surface area (Å²) in [4.78, 5) is 27.3. The van der Waals surface area contributed by atoms with E-state index in [1.807, 2.05) is 38.1 Å². The number of nitrogens with one attached hydrogen (secondary N) is 1. The van der Waals surface area contributed by atoms with Crippen molar-refractivity contribution in [1.29, 1.82) is 0 Å². The van der Waals surface area contributed by atoms with E-state index in [0.29, 0.717) is 17.1 Å². The number of halogens is 1. The maximum Gasteiger partial charge on any atom is 0.251 e. The average molecular weight is 403 g/mol. The molecular formula is C22H27ClN2O3. The summed E-state index contributed by atoms with van der Waals surface area (Å²) in [7, 11) is 3.36. The van der Waals surface area contributed by atoms with Gasteiger partial charge in [0, 0.05) is 24.2 Å². The third kappa shape index (κ3) is 5.73. The first-order chi connectivity index (χ1) is 13.3. The van der Waals surface area contributed by atoms with E-state index in [9.17, 15) is 9.59 Å². The fourth-order valence-corrected chi connectivity index (χ4v) is 2.96. The second-order valence-corrected chi connectivity index (χ2v) is 7.32. The van der Waals surface area contributed by atoms with E-state index in [4.69, 9.17) is 16.3 Å². The summed E-state index contributed by atoms with van der Waals surface area (Å²) in [6.45, 7) is 4.42. The van der Waals surface area contributed by atoms with Gasteiger partial charge >= 0.3 is 0 Å². The summed E-state index contributed by atoms with van der Waals surface area (Å²) >= 11 is 5.88. The number of carbonyl (C=O) groups is 2. The zero-order valence-electron chi connectivity index (χ0n) is 16.7. The van der Waals surface area contributed by atoms with Crippen LogP contribution >= 0.6 is 11.6 Å². The maximum atomic E-state index is 13.1. The highest BCUT2D eigenvalue weighted by Gasteiger charge is 2.28. The second-order valence-electron chi connectivity index (χ2n) is 6.89. The number of benzene rings is 2. The molecule has 6 heteroatoms. The SMILES string of the molecule is CCC(C)C(NC(=O)c1ccc(Cl)cc1)C(=O)N(C)Cc1ccc(OC)cc1. The number of likely N-dealkylation sites (N-methyl/N-ethyl adjacent to an activating group) is 1. The van der Waals surface area contributed by atoms with Crippen molar-refractivity contribution in [2.24, 2.45) is 5.92 Å². The highest BCUT2D eigenvalue weighted by molar-refractivity contribution is 6.30. The van der Waals surface area contributed by atoms with E-state index in [1.165, 1.54) is 0 Å². The van der Waals surface area contributed by atoms with Crippen LogP contribution in [0.15, 0.2) is 48.5 Å². The Morgan fingerprint density at radius 2 is 1.71 bits per heavy atom. The first kappa shape index (κ1) is 21.8. The number of nitrogens with zero attached hydrogens (tertiary/aromatic N) is 1. The molecule has 2 rings (SSSR count). The third-order valence-corrected chi connectivity index (χ3v) is 5.08. The minimum absolute atomic E-state index is 0.00191. The van der Waals surface area contributed by atoms with Crippen molar-refractivity contribution in [1.82, 2.24) is 10.2 Å². The van der Waals surface area contributed by atoms with Crippen LogP contribution in [0.3, 0.4) is 0 Å². The maximum absolute atomic E-state index is 13.1. The summed E-state index contributed by atoms with van der Waals surface area (Å²) in [5.41, 5.74) is 1.46. The molecule has 0 radical (unpaired) electrons. The lowest BCUT2D eigenvalue weighted by atomic mass is 9.97. The molecule has 2 aromatic carbocycles. The summed E-state index contributed by atoms with van der Waals surface area (Å²) in [6.07, 6.45) is 0.772. The first-order valence-corrected chi connectivity index (χ1v) is 9.67. The molecule has 0 spiro atoms. The van der Waals surface area contributed by atoms with E-state index >= 15 is 0 Å². The van der Waals surface area contributed by atoms with Gasteiger partial charge in [0.25, 0.3) is 5.91 Å². The van der Waals surface area contributed by atoms with Gasteiger partial charge in [-0.1, -0.05) is 44.0 Å². The molecule has 0 aromatic heterocycles. The van der Waals surface area contributed by atoms with Crippen LogP contribution < -0.4 is 10.1 Å². The standard InChI is InChI=1S/C22H27ClN2O3/c1-5-15(2)20(24-21(26)17-8-10-18(23)11-9-17)22(27)25(3)14-16-6-12-19(28-4)13-7-16/h6-13,15,20H,5,14H2,1-4H3,(H,24,26). The van der Waals surface area contributed by atoms with Crippen molar-refractivity contribution < 1.29 is 14.3 Å². The van der Waals surface area contributed by atoms with Gasteiger partial charge in [0.15, 0.2) is 0 Å². The number of rotatable bonds is 8. The molecule has 2 unspecified atom stereocenters. The molecule has 0 aliphatic carbocycles. The molecule has 0 aliphatic heterocycles. The Morgan fingerprint density at radius 3 is 2.25 bits per heavy atom. The smallest absolute Gasteiger partial charge is 0.251 e. The van der Waals surface area contributed by atoms with Crippen molar-refractivity contribution in [3.63, 3.8) is 0 Å². The Bertz CT molecular complexity index is 790. The Labute approximate surface area is 171 Å². The molecule has 0 saturated carbocycles. The molecule has 2 aromatic rings. The minimum Gasteiger partial charge on any atom is -0.497 e. The summed E-state index contributed by atoms with van der Waals surface area (Å²) in [6, 6.07) is 13.6. The van der Waals surface area contributed by atoms with E-state index in [1.54, 1.807) is 43.3 Å². The van der Waals surface area contributed by atoms with E-state index < -0.39 is 6.04 Å². The number of carbonyl (C=O) groups excluding carboxylic acids is 2. The Morgan fingerprint density at radius 1 is 1.11 bits per heavy atom. The molecular weight excluding hydrogens is 376 g/mol. The Kier molecular flexibility index (Phi) is 7.88. The van der Waals surface area contributed by atoms with Crippen LogP contribution in [0.2, 0.25) is 5.02 Å². The lowest BCUT2D eigenvalue weighted by molar-refractivity contribution is -0.133. The zero-order valence-corrected chi connectivity index (χ0v) is 17.5. The number of methoxy groups -OCH3 is 1. The molecule has 28 heavy (non-hydrogen) atoms. The van der Waals surface area contributed by atoms with Crippen LogP contribution in [-0.2, 0) is 11.3 Å². The van der Waals surface area contributed by atoms with Gasteiger partial charge in [-0.05, 0) is 47.9 Å². The number of ether oxygens (including phenoxy) is 1. The van der Waals surface area contributed by atoms with Crippen LogP contribution in [0, 0.1) is 5.92 Å². The Balaban J connectivity index is 2.10. The van der Waals surface area contributed by atoms with Crippen LogP contribution in [0.1, 0.15) is 36.2 Å². The molecule has 150 valence electrons. The molecule has 1 N–H and O–H groups in total. The number of hydrogen-bond donors (Lipinski definition) is 1. The Hall–Kier alpha value is -2.53. The average Bonchev–Trinajstić information content (AvgIpc) is 2.71. The molecule has 0 saturated heterocycles. The van der Waals surface area contributed by atoms with Crippen LogP contribution in [0.25, 0.3) is 0 Å². The molecule has 0 aliphatic rings. The van der Waals surface area contributed by atoms with Gasteiger partial charge in [-0.2, -0.15) is 0 Å². The van der Waals surface area contributed by atoms with E-state index in [0.717, 1.165) is 17.7 Å². The van der Waals surface area contributed by atoms with E-state index in [2.05, 4.69) is 5.32 Å². The number of amides is 2. The van der Waals surface area contributed by atoms with Crippen molar-refractivity contribution in [2.75, 3.05) is 14.2 Å². The van der Waals surface area contributed by atoms with Gasteiger partial charge in [0.2, 0.25) is 5.91 Å². The van der Waals surface area contributed by atoms with Gasteiger partial charge in [0.1, 0.15) is 11.8 Å². The van der Waals surface area contributed by atoms with Gasteiger partial charge in [-0.25, -0.2) is 0 Å². The first-order valence-electron chi connectivity index (χ1n) is 9.30. The van der Waals surface area contributed by atoms with Gasteiger partial charge in [0.05, 0.1) is 7.11 Å². The third-order valence-electron chi connectivity index (χ3n) is 4.83. The van der Waals surface area contributed by atoms with Crippen molar-refractivity contribution >= 4 is 23.4 Å². The zero-order chi connectivity index (χ0) is 20.7. The van der Waals surface area contributed by atoms with Crippen LogP contribution in [0.5, 0.6) is 5.75 Å². The fourth-order valence-electron chi connectivity index (χ4n) is 2.83. The predicted molar refractivity (Wildman–Crippen MR) is 112 cm³/mol. The van der Waals surface area contributed by atoms with Gasteiger partial charge < -0.3 is 15.0 Å². The van der Waals surface area contributed by atoms with Crippen molar-refractivity contribution in [3.8, 4) is 5.75 Å². The lowest BCUT2D eigenvalue weighted by Gasteiger charge is -2.28. The highest BCUT2D eigenvalue weighted by atomic mass is 35.5. The predicted octanol–water partition coefficient (Wildman–Crippen LogP) is 4.15. The highest BCUT2D eigenvalue weighted by Crippen LogP contribution is 2.16. The normalized spacial score (nSPS) is 12.8. The fraction of sp³-hybridized carbons (Fsp3) is 0.364. The van der Waals surface area contributed by atoms with Crippen LogP contribution in [-0.4, -0.2) is 36.9 Å². The van der Waals surface area contributed by atoms with Crippen molar-refractivity contribution in [3.05, 3.63) is 64.7 Å². The van der Waals surface area contributed by atoms with Gasteiger partial charge in [-0.3, -0.25) is 9.59 Å². The monoisotopic (exact) mass is 402 g/mol. The lowest BCUT2D eigenvalue weighted by Crippen LogP contribution is -2.50. The minimum atomic E-state index is -0.601. The molecule has 5 nitrogen and oxygen atoms in total. The quantitative estimate of drug-likeness (QED) is 0.721. The largest absolute Gasteiger partial charge is 0.497 e. The van der Waals surface area contributed by atoms with Gasteiger partial charge in [-0.15, -0.1) is 0 Å². The number of hydrogen-bond acceptors (Lipinski definition) is 3.